The van der Waals surface area contributed by atoms with Gasteiger partial charge in [-0.1, -0.05) is 19.8 Å². The van der Waals surface area contributed by atoms with Crippen LogP contribution in [0, 0.1) is 5.92 Å². The van der Waals surface area contributed by atoms with Gasteiger partial charge in [0.05, 0.1) is 0 Å². The Labute approximate surface area is 108 Å². The topological polar surface area (TPSA) is 78.4 Å². The van der Waals surface area contributed by atoms with E-state index in [9.17, 15) is 9.59 Å². The molecule has 0 radical (unpaired) electrons. The molecule has 1 fully saturated rings. The van der Waals surface area contributed by atoms with E-state index in [2.05, 4.69) is 17.6 Å². The molecule has 1 atom stereocenters. The molecule has 18 heavy (non-hydrogen) atoms. The van der Waals surface area contributed by atoms with Gasteiger partial charge in [-0.3, -0.25) is 4.79 Å². The van der Waals surface area contributed by atoms with Crippen LogP contribution in [0.4, 0.5) is 4.79 Å². The minimum absolute atomic E-state index is 0.0973. The van der Waals surface area contributed by atoms with Crippen LogP contribution in [0.15, 0.2) is 0 Å². The maximum Gasteiger partial charge on any atom is 0.315 e. The van der Waals surface area contributed by atoms with Crippen LogP contribution in [0.3, 0.4) is 0 Å². The Bertz CT molecular complexity index is 275. The molecule has 0 aromatic rings. The number of aliphatic carboxylic acids is 1. The molecule has 0 heterocycles. The first kappa shape index (κ1) is 14.8. The summed E-state index contributed by atoms with van der Waals surface area (Å²) in [4.78, 5) is 22.0. The molecule has 0 aromatic heterocycles. The molecule has 3 N–H and O–H groups in total. The van der Waals surface area contributed by atoms with Gasteiger partial charge in [-0.25, -0.2) is 4.79 Å². The van der Waals surface area contributed by atoms with E-state index < -0.39 is 5.97 Å². The maximum atomic E-state index is 11.6. The van der Waals surface area contributed by atoms with Gasteiger partial charge in [0.1, 0.15) is 0 Å². The number of rotatable bonds is 7. The molecule has 0 saturated heterocycles. The largest absolute Gasteiger partial charge is 0.481 e. The molecule has 0 spiro atoms. The fraction of sp³-hybridized carbons (Fsp3) is 0.846. The van der Waals surface area contributed by atoms with Crippen LogP contribution < -0.4 is 10.6 Å². The number of urea groups is 1. The lowest BCUT2D eigenvalue weighted by Crippen LogP contribution is -2.45. The zero-order chi connectivity index (χ0) is 13.4. The van der Waals surface area contributed by atoms with Gasteiger partial charge in [0.2, 0.25) is 0 Å². The zero-order valence-electron chi connectivity index (χ0n) is 11.1. The van der Waals surface area contributed by atoms with Gasteiger partial charge in [-0.15, -0.1) is 0 Å². The van der Waals surface area contributed by atoms with E-state index in [0.717, 1.165) is 6.42 Å². The van der Waals surface area contributed by atoms with Crippen molar-refractivity contribution in [3.63, 3.8) is 0 Å². The van der Waals surface area contributed by atoms with Crippen LogP contribution in [0.5, 0.6) is 0 Å². The van der Waals surface area contributed by atoms with E-state index >= 15 is 0 Å². The first-order chi connectivity index (χ1) is 8.63. The van der Waals surface area contributed by atoms with Crippen LogP contribution in [-0.2, 0) is 4.79 Å². The summed E-state index contributed by atoms with van der Waals surface area (Å²) < 4.78 is 0. The predicted molar refractivity (Wildman–Crippen MR) is 69.4 cm³/mol. The van der Waals surface area contributed by atoms with E-state index in [1.807, 2.05) is 0 Å². The first-order valence-electron chi connectivity index (χ1n) is 6.89. The number of carboxylic acids is 1. The van der Waals surface area contributed by atoms with Gasteiger partial charge in [-0.2, -0.15) is 0 Å². The summed E-state index contributed by atoms with van der Waals surface area (Å²) in [6.45, 7) is 2.51. The number of hydrogen-bond donors (Lipinski definition) is 3. The molecule has 1 aliphatic carbocycles. The molecule has 0 aliphatic heterocycles. The van der Waals surface area contributed by atoms with Crippen molar-refractivity contribution in [1.29, 1.82) is 0 Å². The smallest absolute Gasteiger partial charge is 0.315 e. The van der Waals surface area contributed by atoms with Gasteiger partial charge in [0, 0.05) is 19.0 Å². The number of hydrogen-bond acceptors (Lipinski definition) is 2. The molecular weight excluding hydrogens is 232 g/mol. The van der Waals surface area contributed by atoms with Crippen molar-refractivity contribution in [2.75, 3.05) is 6.54 Å². The average Bonchev–Trinajstić information content (AvgIpc) is 2.85. The van der Waals surface area contributed by atoms with E-state index in [0.29, 0.717) is 18.9 Å². The highest BCUT2D eigenvalue weighted by atomic mass is 16.4. The quantitative estimate of drug-likeness (QED) is 0.610. The normalized spacial score (nSPS) is 17.4. The van der Waals surface area contributed by atoms with E-state index in [-0.39, 0.29) is 18.5 Å². The van der Waals surface area contributed by atoms with Crippen molar-refractivity contribution in [1.82, 2.24) is 10.6 Å². The van der Waals surface area contributed by atoms with Gasteiger partial charge in [0.25, 0.3) is 0 Å². The molecule has 0 aromatic carbocycles. The van der Waals surface area contributed by atoms with Gasteiger partial charge >= 0.3 is 12.0 Å². The minimum Gasteiger partial charge on any atom is -0.481 e. The first-order valence-corrected chi connectivity index (χ1v) is 6.89. The highest BCUT2D eigenvalue weighted by Crippen LogP contribution is 2.28. The fourth-order valence-electron chi connectivity index (χ4n) is 2.57. The Kier molecular flexibility index (Phi) is 6.54. The third kappa shape index (κ3) is 5.38. The summed E-state index contributed by atoms with van der Waals surface area (Å²) >= 11 is 0. The molecule has 104 valence electrons. The van der Waals surface area contributed by atoms with Crippen molar-refractivity contribution in [2.24, 2.45) is 5.92 Å². The van der Waals surface area contributed by atoms with Crippen LogP contribution in [0.2, 0.25) is 0 Å². The molecule has 1 unspecified atom stereocenters. The van der Waals surface area contributed by atoms with Crippen LogP contribution >= 0.6 is 0 Å². The molecule has 1 rings (SSSR count). The Hall–Kier alpha value is -1.26. The number of carbonyl (C=O) groups excluding carboxylic acids is 1. The van der Waals surface area contributed by atoms with Crippen molar-refractivity contribution < 1.29 is 14.7 Å². The molecular formula is C13H24N2O3. The average molecular weight is 256 g/mol. The summed E-state index contributed by atoms with van der Waals surface area (Å²) in [6.07, 6.45) is 6.47. The zero-order valence-corrected chi connectivity index (χ0v) is 11.1. The van der Waals surface area contributed by atoms with E-state index in [1.165, 1.54) is 25.7 Å². The SMILES string of the molecule is CCC(NC(=O)NCCCC(=O)O)C1CCCC1. The van der Waals surface area contributed by atoms with Crippen molar-refractivity contribution >= 4 is 12.0 Å². The molecule has 1 aliphatic rings. The number of carbonyl (C=O) groups is 2. The standard InChI is InChI=1S/C13H24N2O3/c1-2-11(10-6-3-4-7-10)15-13(18)14-9-5-8-12(16)17/h10-11H,2-9H2,1H3,(H,16,17)(H2,14,15,18). The number of carboxylic acid groups (broad SMARTS) is 1. The molecule has 0 bridgehead atoms. The van der Waals surface area contributed by atoms with Gasteiger partial charge in [0.15, 0.2) is 0 Å². The molecule has 5 nitrogen and oxygen atoms in total. The van der Waals surface area contributed by atoms with Gasteiger partial charge < -0.3 is 15.7 Å². The summed E-state index contributed by atoms with van der Waals surface area (Å²) in [7, 11) is 0. The van der Waals surface area contributed by atoms with Crippen molar-refractivity contribution in [3.8, 4) is 0 Å². The highest BCUT2D eigenvalue weighted by Gasteiger charge is 2.24. The maximum absolute atomic E-state index is 11.6. The lowest BCUT2D eigenvalue weighted by molar-refractivity contribution is -0.137. The van der Waals surface area contributed by atoms with E-state index in [4.69, 9.17) is 5.11 Å². The summed E-state index contributed by atoms with van der Waals surface area (Å²) in [5.74, 6) is -0.214. The minimum atomic E-state index is -0.824. The Balaban J connectivity index is 2.18. The fourth-order valence-corrected chi connectivity index (χ4v) is 2.57. The molecule has 1 saturated carbocycles. The predicted octanol–water partition coefficient (Wildman–Crippen LogP) is 2.12. The van der Waals surface area contributed by atoms with E-state index in [1.54, 1.807) is 0 Å². The van der Waals surface area contributed by atoms with Crippen molar-refractivity contribution in [2.45, 2.75) is 57.9 Å². The third-order valence-corrected chi connectivity index (χ3v) is 3.58. The Morgan fingerprint density at radius 1 is 1.33 bits per heavy atom. The monoisotopic (exact) mass is 256 g/mol. The van der Waals surface area contributed by atoms with Gasteiger partial charge in [-0.05, 0) is 31.6 Å². The molecule has 5 heteroatoms. The third-order valence-electron chi connectivity index (χ3n) is 3.58. The van der Waals surface area contributed by atoms with Crippen LogP contribution in [-0.4, -0.2) is 29.7 Å². The Morgan fingerprint density at radius 2 is 2.00 bits per heavy atom. The lowest BCUT2D eigenvalue weighted by Gasteiger charge is -2.23. The molecule has 2 amide bonds. The second-order valence-corrected chi connectivity index (χ2v) is 4.96. The second-order valence-electron chi connectivity index (χ2n) is 4.96. The van der Waals surface area contributed by atoms with Crippen LogP contribution in [0.1, 0.15) is 51.9 Å². The summed E-state index contributed by atoms with van der Waals surface area (Å²) in [5.41, 5.74) is 0. The summed E-state index contributed by atoms with van der Waals surface area (Å²) in [5, 5.41) is 14.2. The lowest BCUT2D eigenvalue weighted by atomic mass is 9.96. The Morgan fingerprint density at radius 3 is 2.56 bits per heavy atom. The van der Waals surface area contributed by atoms with Crippen molar-refractivity contribution in [3.05, 3.63) is 0 Å². The number of amides is 2. The highest BCUT2D eigenvalue weighted by molar-refractivity contribution is 5.74. The summed E-state index contributed by atoms with van der Waals surface area (Å²) in [6, 6.07) is 0.0890. The second kappa shape index (κ2) is 7.95. The van der Waals surface area contributed by atoms with Crippen LogP contribution in [0.25, 0.3) is 0 Å². The number of nitrogens with one attached hydrogen (secondary N) is 2.